The van der Waals surface area contributed by atoms with Crippen LogP contribution in [0.2, 0.25) is 0 Å². The van der Waals surface area contributed by atoms with Crippen LogP contribution in [0, 0.1) is 5.82 Å². The van der Waals surface area contributed by atoms with Crippen molar-refractivity contribution in [2.45, 2.75) is 18.2 Å². The minimum atomic E-state index is -0.356. The van der Waals surface area contributed by atoms with Gasteiger partial charge in [0.25, 0.3) is 0 Å². The lowest BCUT2D eigenvalue weighted by atomic mass is 10.1. The average molecular weight is 184 g/mol. The first-order valence-corrected chi connectivity index (χ1v) is 4.01. The zero-order valence-corrected chi connectivity index (χ0v) is 7.57. The van der Waals surface area contributed by atoms with Crippen LogP contribution in [0.1, 0.15) is 12.5 Å². The topological polar surface area (TPSA) is 17.1 Å². The normalized spacial score (nSPS) is 9.92. The van der Waals surface area contributed by atoms with Crippen molar-refractivity contribution in [3.05, 3.63) is 29.6 Å². The maximum absolute atomic E-state index is 12.7. The molecule has 1 aromatic carbocycles. The van der Waals surface area contributed by atoms with E-state index < -0.39 is 0 Å². The Morgan fingerprint density at radius 2 is 2.25 bits per heavy atom. The van der Waals surface area contributed by atoms with Gasteiger partial charge in [-0.05, 0) is 24.6 Å². The Morgan fingerprint density at radius 3 is 2.75 bits per heavy atom. The number of ketones is 1. The number of hydrogen-bond donors (Lipinski definition) is 1. The molecule has 0 spiro atoms. The molecule has 0 bridgehead atoms. The molecule has 0 saturated carbocycles. The molecule has 0 N–H and O–H groups in total. The Labute approximate surface area is 76.0 Å². The molecule has 0 aromatic heterocycles. The van der Waals surface area contributed by atoms with E-state index in [2.05, 4.69) is 12.6 Å². The molecule has 1 rings (SSSR count). The van der Waals surface area contributed by atoms with E-state index in [9.17, 15) is 9.18 Å². The van der Waals surface area contributed by atoms with Gasteiger partial charge in [0.2, 0.25) is 0 Å². The van der Waals surface area contributed by atoms with E-state index in [1.165, 1.54) is 13.0 Å². The van der Waals surface area contributed by atoms with Crippen LogP contribution in [-0.2, 0) is 11.2 Å². The molecule has 3 heteroatoms. The van der Waals surface area contributed by atoms with Crippen LogP contribution >= 0.6 is 12.6 Å². The standard InChI is InChI=1S/C9H9FOS/c1-6(11)4-7-2-3-8(10)9(12)5-7/h2-3,5,12H,4H2,1H3. The van der Waals surface area contributed by atoms with Gasteiger partial charge in [-0.15, -0.1) is 12.6 Å². The van der Waals surface area contributed by atoms with Crippen LogP contribution in [0.25, 0.3) is 0 Å². The van der Waals surface area contributed by atoms with Gasteiger partial charge in [0.1, 0.15) is 11.6 Å². The average Bonchev–Trinajstić information content (AvgIpc) is 1.96. The number of hydrogen-bond acceptors (Lipinski definition) is 2. The van der Waals surface area contributed by atoms with Gasteiger partial charge in [-0.3, -0.25) is 4.79 Å². The molecular weight excluding hydrogens is 175 g/mol. The summed E-state index contributed by atoms with van der Waals surface area (Å²) in [4.78, 5) is 11.0. The van der Waals surface area contributed by atoms with E-state index in [-0.39, 0.29) is 16.5 Å². The first kappa shape index (κ1) is 9.26. The summed E-state index contributed by atoms with van der Waals surface area (Å²) in [6.07, 6.45) is 0.341. The monoisotopic (exact) mass is 184 g/mol. The molecule has 12 heavy (non-hydrogen) atoms. The van der Waals surface area contributed by atoms with E-state index in [0.717, 1.165) is 5.56 Å². The summed E-state index contributed by atoms with van der Waals surface area (Å²) in [7, 11) is 0. The minimum Gasteiger partial charge on any atom is -0.300 e. The second-order valence-corrected chi connectivity index (χ2v) is 3.15. The molecular formula is C9H9FOS. The van der Waals surface area contributed by atoms with Crippen molar-refractivity contribution in [1.82, 2.24) is 0 Å². The zero-order chi connectivity index (χ0) is 9.14. The SMILES string of the molecule is CC(=O)Cc1ccc(F)c(S)c1. The van der Waals surface area contributed by atoms with Crippen LogP contribution in [-0.4, -0.2) is 5.78 Å². The molecule has 0 heterocycles. The van der Waals surface area contributed by atoms with Crippen molar-refractivity contribution in [2.24, 2.45) is 0 Å². The molecule has 0 radical (unpaired) electrons. The molecule has 0 amide bonds. The largest absolute Gasteiger partial charge is 0.300 e. The van der Waals surface area contributed by atoms with Crippen molar-refractivity contribution in [1.29, 1.82) is 0 Å². The molecule has 0 atom stereocenters. The fourth-order valence-electron chi connectivity index (χ4n) is 0.956. The molecule has 0 saturated heterocycles. The van der Waals surface area contributed by atoms with E-state index >= 15 is 0 Å². The van der Waals surface area contributed by atoms with Crippen molar-refractivity contribution < 1.29 is 9.18 Å². The Morgan fingerprint density at radius 1 is 1.58 bits per heavy atom. The summed E-state index contributed by atoms with van der Waals surface area (Å²) in [6.45, 7) is 1.50. The molecule has 0 aliphatic carbocycles. The Balaban J connectivity index is 2.89. The Bertz CT molecular complexity index is 309. The summed E-state index contributed by atoms with van der Waals surface area (Å²) in [6, 6.07) is 4.48. The number of Topliss-reactive ketones (excluding diaryl/α,β-unsaturated/α-hetero) is 1. The maximum Gasteiger partial charge on any atom is 0.136 e. The van der Waals surface area contributed by atoms with E-state index in [1.54, 1.807) is 12.1 Å². The highest BCUT2D eigenvalue weighted by Gasteiger charge is 2.01. The summed E-state index contributed by atoms with van der Waals surface area (Å²) in [5.41, 5.74) is 0.800. The number of carbonyl (C=O) groups is 1. The zero-order valence-electron chi connectivity index (χ0n) is 6.67. The molecule has 0 fully saturated rings. The summed E-state index contributed by atoms with van der Waals surface area (Å²) < 4.78 is 12.7. The number of rotatable bonds is 2. The third-order valence-corrected chi connectivity index (χ3v) is 1.81. The number of halogens is 1. The van der Waals surface area contributed by atoms with Crippen molar-refractivity contribution in [3.8, 4) is 0 Å². The molecule has 0 unspecified atom stereocenters. The van der Waals surface area contributed by atoms with Crippen LogP contribution in [0.15, 0.2) is 23.1 Å². The van der Waals surface area contributed by atoms with Crippen LogP contribution in [0.5, 0.6) is 0 Å². The third-order valence-electron chi connectivity index (χ3n) is 1.46. The first-order chi connectivity index (χ1) is 5.59. The lowest BCUT2D eigenvalue weighted by molar-refractivity contribution is -0.116. The Kier molecular flexibility index (Phi) is 2.87. The van der Waals surface area contributed by atoms with Gasteiger partial charge in [-0.2, -0.15) is 0 Å². The van der Waals surface area contributed by atoms with Crippen LogP contribution < -0.4 is 0 Å². The van der Waals surface area contributed by atoms with Gasteiger partial charge >= 0.3 is 0 Å². The lowest BCUT2D eigenvalue weighted by Crippen LogP contribution is -1.96. The third kappa shape index (κ3) is 2.34. The quantitative estimate of drug-likeness (QED) is 0.697. The number of thiol groups is 1. The van der Waals surface area contributed by atoms with Gasteiger partial charge in [0, 0.05) is 11.3 Å². The van der Waals surface area contributed by atoms with Gasteiger partial charge in [-0.25, -0.2) is 4.39 Å². The lowest BCUT2D eigenvalue weighted by Gasteiger charge is -1.99. The first-order valence-electron chi connectivity index (χ1n) is 3.56. The van der Waals surface area contributed by atoms with Crippen molar-refractivity contribution in [2.75, 3.05) is 0 Å². The highest BCUT2D eigenvalue weighted by molar-refractivity contribution is 7.80. The molecule has 64 valence electrons. The van der Waals surface area contributed by atoms with Crippen molar-refractivity contribution >= 4 is 18.4 Å². The number of benzene rings is 1. The molecule has 0 aliphatic rings. The second-order valence-electron chi connectivity index (χ2n) is 2.66. The van der Waals surface area contributed by atoms with Gasteiger partial charge in [0.05, 0.1) is 0 Å². The fourth-order valence-corrected chi connectivity index (χ4v) is 1.20. The fraction of sp³-hybridized carbons (Fsp3) is 0.222. The van der Waals surface area contributed by atoms with Gasteiger partial charge in [0.15, 0.2) is 0 Å². The van der Waals surface area contributed by atoms with E-state index in [1.807, 2.05) is 0 Å². The summed E-state index contributed by atoms with van der Waals surface area (Å²) in [5.74, 6) is -0.292. The highest BCUT2D eigenvalue weighted by atomic mass is 32.1. The summed E-state index contributed by atoms with van der Waals surface area (Å²) in [5, 5.41) is 0. The van der Waals surface area contributed by atoms with Crippen molar-refractivity contribution in [3.63, 3.8) is 0 Å². The highest BCUT2D eigenvalue weighted by Crippen LogP contribution is 2.14. The Hall–Kier alpha value is -0.830. The van der Waals surface area contributed by atoms with E-state index in [4.69, 9.17) is 0 Å². The van der Waals surface area contributed by atoms with Crippen LogP contribution in [0.3, 0.4) is 0 Å². The van der Waals surface area contributed by atoms with Gasteiger partial charge < -0.3 is 0 Å². The molecule has 1 aromatic rings. The summed E-state index contributed by atoms with van der Waals surface area (Å²) >= 11 is 3.90. The van der Waals surface area contributed by atoms with Gasteiger partial charge in [-0.1, -0.05) is 6.07 Å². The predicted octanol–water partition coefficient (Wildman–Crippen LogP) is 2.25. The van der Waals surface area contributed by atoms with E-state index in [0.29, 0.717) is 6.42 Å². The maximum atomic E-state index is 12.7. The smallest absolute Gasteiger partial charge is 0.136 e. The van der Waals surface area contributed by atoms with Crippen LogP contribution in [0.4, 0.5) is 4.39 Å². The molecule has 0 aliphatic heterocycles. The minimum absolute atomic E-state index is 0.0642. The molecule has 1 nitrogen and oxygen atoms in total. The second kappa shape index (κ2) is 3.72. The predicted molar refractivity (Wildman–Crippen MR) is 48.0 cm³/mol. The number of carbonyl (C=O) groups excluding carboxylic acids is 1.